The summed E-state index contributed by atoms with van der Waals surface area (Å²) in [5.41, 5.74) is 0.868. The van der Waals surface area contributed by atoms with Crippen LogP contribution in [0.3, 0.4) is 0 Å². The average molecular weight is 292 g/mol. The molecular formula is C13H19Cl2NO2. The van der Waals surface area contributed by atoms with Crippen LogP contribution in [0.4, 0.5) is 5.69 Å². The lowest BCUT2D eigenvalue weighted by molar-refractivity contribution is -0.137. The average Bonchev–Trinajstić information content (AvgIpc) is 2.32. The standard InChI is InChI=1S/C13H19Cl2NO2/c1-3-17-13(18-4-2)7-8-16-12-6-5-10(14)9-11(12)15/h5-6,9,13,16H,3-4,7-8H2,1-2H3. The maximum absolute atomic E-state index is 6.06. The minimum atomic E-state index is -0.168. The highest BCUT2D eigenvalue weighted by Crippen LogP contribution is 2.25. The van der Waals surface area contributed by atoms with Crippen LogP contribution in [0.15, 0.2) is 18.2 Å². The number of nitrogens with one attached hydrogen (secondary N) is 1. The Morgan fingerprint density at radius 2 is 1.83 bits per heavy atom. The summed E-state index contributed by atoms with van der Waals surface area (Å²) in [5.74, 6) is 0. The fourth-order valence-electron chi connectivity index (χ4n) is 1.54. The number of rotatable bonds is 8. The number of ether oxygens (including phenoxy) is 2. The summed E-state index contributed by atoms with van der Waals surface area (Å²) in [6.45, 7) is 5.93. The monoisotopic (exact) mass is 291 g/mol. The SMILES string of the molecule is CCOC(CCNc1ccc(Cl)cc1Cl)OCC. The van der Waals surface area contributed by atoms with Crippen LogP contribution >= 0.6 is 23.2 Å². The maximum Gasteiger partial charge on any atom is 0.159 e. The molecule has 0 aliphatic carbocycles. The third-order valence-electron chi connectivity index (χ3n) is 2.33. The molecule has 0 aromatic heterocycles. The Labute approximate surface area is 118 Å². The second-order valence-corrected chi connectivity index (χ2v) is 4.52. The Morgan fingerprint density at radius 1 is 1.17 bits per heavy atom. The molecule has 3 nitrogen and oxygen atoms in total. The van der Waals surface area contributed by atoms with Crippen molar-refractivity contribution in [2.24, 2.45) is 0 Å². The van der Waals surface area contributed by atoms with E-state index in [0.29, 0.717) is 23.3 Å². The Hall–Kier alpha value is -0.480. The fraction of sp³-hybridized carbons (Fsp3) is 0.538. The van der Waals surface area contributed by atoms with E-state index in [1.165, 1.54) is 0 Å². The van der Waals surface area contributed by atoms with E-state index in [2.05, 4.69) is 5.32 Å². The molecule has 0 spiro atoms. The van der Waals surface area contributed by atoms with E-state index >= 15 is 0 Å². The predicted octanol–water partition coefficient (Wildman–Crippen LogP) is 4.19. The van der Waals surface area contributed by atoms with Gasteiger partial charge in [-0.05, 0) is 32.0 Å². The highest BCUT2D eigenvalue weighted by atomic mass is 35.5. The molecule has 0 atom stereocenters. The van der Waals surface area contributed by atoms with Crippen molar-refractivity contribution in [1.29, 1.82) is 0 Å². The summed E-state index contributed by atoms with van der Waals surface area (Å²) in [6.07, 6.45) is 0.597. The highest BCUT2D eigenvalue weighted by Gasteiger charge is 2.08. The van der Waals surface area contributed by atoms with Crippen molar-refractivity contribution in [3.8, 4) is 0 Å². The maximum atomic E-state index is 6.06. The molecule has 0 radical (unpaired) electrons. The van der Waals surface area contributed by atoms with Crippen LogP contribution in [-0.4, -0.2) is 26.0 Å². The van der Waals surface area contributed by atoms with Crippen molar-refractivity contribution in [3.63, 3.8) is 0 Å². The van der Waals surface area contributed by atoms with Gasteiger partial charge in [0.05, 0.1) is 10.7 Å². The second kappa shape index (κ2) is 8.59. The first-order chi connectivity index (χ1) is 8.67. The van der Waals surface area contributed by atoms with Crippen LogP contribution in [0.1, 0.15) is 20.3 Å². The molecule has 1 N–H and O–H groups in total. The molecule has 0 unspecified atom stereocenters. The molecule has 0 aliphatic rings. The van der Waals surface area contributed by atoms with Gasteiger partial charge in [0.1, 0.15) is 0 Å². The van der Waals surface area contributed by atoms with Crippen molar-refractivity contribution in [2.45, 2.75) is 26.6 Å². The molecule has 18 heavy (non-hydrogen) atoms. The van der Waals surface area contributed by atoms with E-state index < -0.39 is 0 Å². The van der Waals surface area contributed by atoms with Gasteiger partial charge >= 0.3 is 0 Å². The van der Waals surface area contributed by atoms with Crippen LogP contribution in [0, 0.1) is 0 Å². The number of hydrogen-bond donors (Lipinski definition) is 1. The summed E-state index contributed by atoms with van der Waals surface area (Å²) < 4.78 is 10.9. The van der Waals surface area contributed by atoms with Crippen molar-refractivity contribution in [2.75, 3.05) is 25.1 Å². The normalized spacial score (nSPS) is 10.9. The van der Waals surface area contributed by atoms with Crippen molar-refractivity contribution < 1.29 is 9.47 Å². The lowest BCUT2D eigenvalue weighted by Crippen LogP contribution is -2.21. The second-order valence-electron chi connectivity index (χ2n) is 3.68. The van der Waals surface area contributed by atoms with Gasteiger partial charge in [0.2, 0.25) is 0 Å². The minimum absolute atomic E-state index is 0.168. The molecule has 0 aliphatic heterocycles. The summed E-state index contributed by atoms with van der Waals surface area (Å²) in [7, 11) is 0. The van der Waals surface area contributed by atoms with Gasteiger partial charge in [-0.3, -0.25) is 0 Å². The number of halogens is 2. The molecule has 5 heteroatoms. The van der Waals surface area contributed by atoms with E-state index in [4.69, 9.17) is 32.7 Å². The zero-order chi connectivity index (χ0) is 13.4. The highest BCUT2D eigenvalue weighted by molar-refractivity contribution is 6.36. The Morgan fingerprint density at radius 3 is 2.39 bits per heavy atom. The van der Waals surface area contributed by atoms with Crippen LogP contribution in [0.5, 0.6) is 0 Å². The van der Waals surface area contributed by atoms with E-state index in [9.17, 15) is 0 Å². The molecule has 0 heterocycles. The molecule has 1 rings (SSSR count). The Kier molecular flexibility index (Phi) is 7.44. The van der Waals surface area contributed by atoms with Gasteiger partial charge < -0.3 is 14.8 Å². The topological polar surface area (TPSA) is 30.5 Å². The Balaban J connectivity index is 2.39. The van der Waals surface area contributed by atoms with Crippen LogP contribution in [-0.2, 0) is 9.47 Å². The van der Waals surface area contributed by atoms with Gasteiger partial charge in [-0.15, -0.1) is 0 Å². The molecule has 102 valence electrons. The van der Waals surface area contributed by atoms with Crippen molar-refractivity contribution in [1.82, 2.24) is 0 Å². The third kappa shape index (κ3) is 5.44. The van der Waals surface area contributed by atoms with Crippen LogP contribution < -0.4 is 5.32 Å². The molecule has 0 bridgehead atoms. The first kappa shape index (κ1) is 15.6. The molecule has 0 fully saturated rings. The zero-order valence-electron chi connectivity index (χ0n) is 10.7. The van der Waals surface area contributed by atoms with Gasteiger partial charge in [-0.2, -0.15) is 0 Å². The summed E-state index contributed by atoms with van der Waals surface area (Å²) in [5, 5.41) is 4.49. The smallest absolute Gasteiger partial charge is 0.159 e. The quantitative estimate of drug-likeness (QED) is 0.729. The molecule has 0 amide bonds. The lowest BCUT2D eigenvalue weighted by atomic mass is 10.3. The fourth-order valence-corrected chi connectivity index (χ4v) is 2.02. The van der Waals surface area contributed by atoms with E-state index in [1.54, 1.807) is 12.1 Å². The summed E-state index contributed by atoms with van der Waals surface area (Å²) in [4.78, 5) is 0. The molecule has 0 saturated heterocycles. The molecule has 1 aromatic carbocycles. The third-order valence-corrected chi connectivity index (χ3v) is 2.88. The van der Waals surface area contributed by atoms with E-state index in [-0.39, 0.29) is 6.29 Å². The first-order valence-electron chi connectivity index (χ1n) is 6.09. The zero-order valence-corrected chi connectivity index (χ0v) is 12.2. The number of benzene rings is 1. The predicted molar refractivity (Wildman–Crippen MR) is 76.6 cm³/mol. The minimum Gasteiger partial charge on any atom is -0.384 e. The largest absolute Gasteiger partial charge is 0.384 e. The number of hydrogen-bond acceptors (Lipinski definition) is 3. The van der Waals surface area contributed by atoms with Gasteiger partial charge in [-0.1, -0.05) is 23.2 Å². The molecule has 0 saturated carbocycles. The van der Waals surface area contributed by atoms with Crippen molar-refractivity contribution >= 4 is 28.9 Å². The molecular weight excluding hydrogens is 273 g/mol. The van der Waals surface area contributed by atoms with E-state index in [1.807, 2.05) is 19.9 Å². The van der Waals surface area contributed by atoms with Crippen LogP contribution in [0.2, 0.25) is 10.0 Å². The van der Waals surface area contributed by atoms with Gasteiger partial charge in [0.25, 0.3) is 0 Å². The van der Waals surface area contributed by atoms with E-state index in [0.717, 1.165) is 18.7 Å². The summed E-state index contributed by atoms with van der Waals surface area (Å²) in [6, 6.07) is 5.38. The Bertz CT molecular complexity index is 355. The van der Waals surface area contributed by atoms with Gasteiger partial charge in [0, 0.05) is 31.2 Å². The number of anilines is 1. The van der Waals surface area contributed by atoms with Crippen molar-refractivity contribution in [3.05, 3.63) is 28.2 Å². The van der Waals surface area contributed by atoms with Crippen LogP contribution in [0.25, 0.3) is 0 Å². The van der Waals surface area contributed by atoms with Gasteiger partial charge in [0.15, 0.2) is 6.29 Å². The van der Waals surface area contributed by atoms with Gasteiger partial charge in [-0.25, -0.2) is 0 Å². The summed E-state index contributed by atoms with van der Waals surface area (Å²) >= 11 is 11.9. The lowest BCUT2D eigenvalue weighted by Gasteiger charge is -2.17. The molecule has 1 aromatic rings. The first-order valence-corrected chi connectivity index (χ1v) is 6.85.